The number of esters is 1. The van der Waals surface area contributed by atoms with E-state index in [4.69, 9.17) is 4.74 Å². The van der Waals surface area contributed by atoms with Crippen LogP contribution in [0.4, 0.5) is 13.2 Å². The van der Waals surface area contributed by atoms with Gasteiger partial charge in [-0.25, -0.2) is 4.79 Å². The van der Waals surface area contributed by atoms with Crippen LogP contribution in [-0.2, 0) is 14.3 Å². The molecule has 0 unspecified atom stereocenters. The lowest BCUT2D eigenvalue weighted by Gasteiger charge is -2.09. The van der Waals surface area contributed by atoms with Crippen LogP contribution >= 0.6 is 11.8 Å². The molecule has 0 saturated heterocycles. The van der Waals surface area contributed by atoms with Gasteiger partial charge in [0, 0.05) is 0 Å². The van der Waals surface area contributed by atoms with Crippen LogP contribution in [0.1, 0.15) is 13.8 Å². The summed E-state index contributed by atoms with van der Waals surface area (Å²) in [5, 5.41) is 0. The molecule has 0 aromatic heterocycles. The highest BCUT2D eigenvalue weighted by Gasteiger charge is 2.28. The fourth-order valence-corrected chi connectivity index (χ4v) is 1.25. The van der Waals surface area contributed by atoms with Crippen molar-refractivity contribution < 1.29 is 27.4 Å². The standard InChI is InChI=1S/C9H13F3O3S/c1-3-14-7(5-8(13)15-4-2)6-16-9(10,11)12/h5H,3-4,6H2,1-2H3/b7-5-. The molecule has 0 fully saturated rings. The van der Waals surface area contributed by atoms with E-state index in [9.17, 15) is 18.0 Å². The number of carbonyl (C=O) groups is 1. The summed E-state index contributed by atoms with van der Waals surface area (Å²) in [6.07, 6.45) is 0.936. The van der Waals surface area contributed by atoms with Gasteiger partial charge >= 0.3 is 11.5 Å². The molecular weight excluding hydrogens is 245 g/mol. The third-order valence-electron chi connectivity index (χ3n) is 1.27. The number of hydrogen-bond donors (Lipinski definition) is 0. The Morgan fingerprint density at radius 1 is 1.25 bits per heavy atom. The van der Waals surface area contributed by atoms with Crippen molar-refractivity contribution in [1.82, 2.24) is 0 Å². The van der Waals surface area contributed by atoms with Gasteiger partial charge in [0.05, 0.1) is 25.0 Å². The Labute approximate surface area is 96.0 Å². The normalized spacial score (nSPS) is 12.4. The van der Waals surface area contributed by atoms with Crippen molar-refractivity contribution in [2.45, 2.75) is 19.4 Å². The van der Waals surface area contributed by atoms with Gasteiger partial charge in [0.25, 0.3) is 0 Å². The zero-order chi connectivity index (χ0) is 12.6. The number of carbonyl (C=O) groups excluding carboxylic acids is 1. The average Bonchev–Trinajstić information content (AvgIpc) is 2.14. The van der Waals surface area contributed by atoms with Crippen LogP contribution in [0.25, 0.3) is 0 Å². The maximum Gasteiger partial charge on any atom is 0.442 e. The second kappa shape index (κ2) is 7.43. The van der Waals surface area contributed by atoms with Crippen molar-refractivity contribution in [2.24, 2.45) is 0 Å². The molecule has 3 nitrogen and oxygen atoms in total. The molecule has 0 aromatic rings. The summed E-state index contributed by atoms with van der Waals surface area (Å²) in [5.74, 6) is -1.17. The minimum absolute atomic E-state index is 0.0386. The molecule has 0 aliphatic rings. The van der Waals surface area contributed by atoms with Crippen molar-refractivity contribution in [3.05, 3.63) is 11.8 Å². The largest absolute Gasteiger partial charge is 0.497 e. The van der Waals surface area contributed by atoms with Gasteiger partial charge < -0.3 is 9.47 Å². The van der Waals surface area contributed by atoms with Crippen molar-refractivity contribution in [1.29, 1.82) is 0 Å². The fourth-order valence-electron chi connectivity index (χ4n) is 0.779. The Morgan fingerprint density at radius 3 is 2.25 bits per heavy atom. The maximum atomic E-state index is 11.9. The van der Waals surface area contributed by atoms with E-state index >= 15 is 0 Å². The van der Waals surface area contributed by atoms with Gasteiger partial charge in [0.1, 0.15) is 5.76 Å². The van der Waals surface area contributed by atoms with E-state index < -0.39 is 17.2 Å². The number of alkyl halides is 3. The highest BCUT2D eigenvalue weighted by Crippen LogP contribution is 2.31. The van der Waals surface area contributed by atoms with Crippen molar-refractivity contribution in [3.63, 3.8) is 0 Å². The first kappa shape index (κ1) is 15.2. The SMILES string of the molecule is CCOC(=O)/C=C(/CSC(F)(F)F)OCC. The van der Waals surface area contributed by atoms with Gasteiger partial charge in [-0.15, -0.1) is 0 Å². The molecule has 0 aromatic carbocycles. The predicted molar refractivity (Wildman–Crippen MR) is 54.9 cm³/mol. The van der Waals surface area contributed by atoms with Crippen LogP contribution in [0.2, 0.25) is 0 Å². The lowest BCUT2D eigenvalue weighted by molar-refractivity contribution is -0.137. The van der Waals surface area contributed by atoms with Crippen LogP contribution in [0.3, 0.4) is 0 Å². The first-order chi connectivity index (χ1) is 7.39. The summed E-state index contributed by atoms with van der Waals surface area (Å²) < 4.78 is 45.2. The Kier molecular flexibility index (Phi) is 7.03. The fraction of sp³-hybridized carbons (Fsp3) is 0.667. The number of thioether (sulfide) groups is 1. The third kappa shape index (κ3) is 8.46. The Balaban J connectivity index is 4.31. The summed E-state index contributed by atoms with van der Waals surface area (Å²) >= 11 is -0.259. The number of halogens is 3. The molecule has 94 valence electrons. The maximum absolute atomic E-state index is 11.9. The Morgan fingerprint density at radius 2 is 1.81 bits per heavy atom. The molecule has 0 radical (unpaired) electrons. The molecule has 0 N–H and O–H groups in total. The van der Waals surface area contributed by atoms with E-state index in [1.54, 1.807) is 13.8 Å². The van der Waals surface area contributed by atoms with E-state index in [1.165, 1.54) is 0 Å². The molecule has 0 aliphatic heterocycles. The first-order valence-corrected chi connectivity index (χ1v) is 5.58. The lowest BCUT2D eigenvalue weighted by atomic mass is 10.5. The molecule has 16 heavy (non-hydrogen) atoms. The highest BCUT2D eigenvalue weighted by molar-refractivity contribution is 8.00. The van der Waals surface area contributed by atoms with E-state index in [2.05, 4.69) is 4.74 Å². The van der Waals surface area contributed by atoms with Crippen LogP contribution < -0.4 is 0 Å². The summed E-state index contributed by atoms with van der Waals surface area (Å²) in [6, 6.07) is 0. The zero-order valence-electron chi connectivity index (χ0n) is 8.97. The van der Waals surface area contributed by atoms with Crippen LogP contribution in [-0.4, -0.2) is 30.4 Å². The molecule has 0 atom stereocenters. The monoisotopic (exact) mass is 258 g/mol. The Hall–Kier alpha value is -0.850. The molecule has 0 aliphatic carbocycles. The summed E-state index contributed by atoms with van der Waals surface area (Å²) in [7, 11) is 0. The minimum atomic E-state index is -4.34. The molecule has 0 heterocycles. The zero-order valence-corrected chi connectivity index (χ0v) is 9.78. The van der Waals surface area contributed by atoms with Gasteiger partial charge in [-0.2, -0.15) is 13.2 Å². The molecule has 0 spiro atoms. The highest BCUT2D eigenvalue weighted by atomic mass is 32.2. The van der Waals surface area contributed by atoms with Crippen LogP contribution in [0.5, 0.6) is 0 Å². The van der Waals surface area contributed by atoms with Crippen molar-refractivity contribution in [3.8, 4) is 0 Å². The summed E-state index contributed by atoms with van der Waals surface area (Å²) in [4.78, 5) is 11.0. The molecule has 0 amide bonds. The molecule has 7 heteroatoms. The third-order valence-corrected chi connectivity index (χ3v) is 2.03. The number of rotatable bonds is 6. The molecular formula is C9H13F3O3S. The summed E-state index contributed by atoms with van der Waals surface area (Å²) in [5.41, 5.74) is -4.34. The van der Waals surface area contributed by atoms with E-state index in [-0.39, 0.29) is 30.7 Å². The van der Waals surface area contributed by atoms with Gasteiger partial charge in [0.15, 0.2) is 0 Å². The topological polar surface area (TPSA) is 35.5 Å². The van der Waals surface area contributed by atoms with Gasteiger partial charge in [-0.3, -0.25) is 0 Å². The van der Waals surface area contributed by atoms with Gasteiger partial charge in [-0.1, -0.05) is 0 Å². The number of ether oxygens (including phenoxy) is 2. The van der Waals surface area contributed by atoms with Gasteiger partial charge in [0.2, 0.25) is 0 Å². The Bertz CT molecular complexity index is 251. The molecule has 0 rings (SSSR count). The van der Waals surface area contributed by atoms with E-state index in [0.29, 0.717) is 0 Å². The molecule has 0 bridgehead atoms. The van der Waals surface area contributed by atoms with Crippen LogP contribution in [0.15, 0.2) is 11.8 Å². The predicted octanol–water partition coefficient (Wildman–Crippen LogP) is 2.72. The second-order valence-electron chi connectivity index (χ2n) is 2.53. The number of hydrogen-bond acceptors (Lipinski definition) is 4. The van der Waals surface area contributed by atoms with Crippen molar-refractivity contribution in [2.75, 3.05) is 19.0 Å². The second-order valence-corrected chi connectivity index (χ2v) is 3.57. The first-order valence-electron chi connectivity index (χ1n) is 4.59. The smallest absolute Gasteiger partial charge is 0.442 e. The van der Waals surface area contributed by atoms with Crippen LogP contribution in [0, 0.1) is 0 Å². The van der Waals surface area contributed by atoms with E-state index in [0.717, 1.165) is 6.08 Å². The summed E-state index contributed by atoms with van der Waals surface area (Å²) in [6.45, 7) is 3.60. The minimum Gasteiger partial charge on any atom is -0.497 e. The van der Waals surface area contributed by atoms with E-state index in [1.807, 2.05) is 0 Å². The van der Waals surface area contributed by atoms with Crippen molar-refractivity contribution >= 4 is 17.7 Å². The molecule has 0 saturated carbocycles. The van der Waals surface area contributed by atoms with Gasteiger partial charge in [-0.05, 0) is 25.6 Å². The average molecular weight is 258 g/mol. The lowest BCUT2D eigenvalue weighted by Crippen LogP contribution is -2.08. The quantitative estimate of drug-likeness (QED) is 0.417.